The molecule has 0 aromatic carbocycles. The molecule has 1 unspecified atom stereocenters. The lowest BCUT2D eigenvalue weighted by molar-refractivity contribution is -0.129. The lowest BCUT2D eigenvalue weighted by Crippen LogP contribution is -2.42. The van der Waals surface area contributed by atoms with Gasteiger partial charge in [0, 0.05) is 19.2 Å². The number of amides is 1. The summed E-state index contributed by atoms with van der Waals surface area (Å²) in [6, 6.07) is 0.337. The van der Waals surface area contributed by atoms with Crippen LogP contribution < -0.4 is 10.6 Å². The van der Waals surface area contributed by atoms with Crippen molar-refractivity contribution in [2.75, 3.05) is 26.3 Å². The van der Waals surface area contributed by atoms with Gasteiger partial charge in [-0.25, -0.2) is 0 Å². The molecule has 2 rings (SSSR count). The van der Waals surface area contributed by atoms with Crippen LogP contribution in [0.3, 0.4) is 0 Å². The largest absolute Gasteiger partial charge is 0.381 e. The van der Waals surface area contributed by atoms with Crippen molar-refractivity contribution in [3.8, 4) is 0 Å². The number of hydrogen-bond donors (Lipinski definition) is 2. The van der Waals surface area contributed by atoms with Crippen LogP contribution in [-0.2, 0) is 9.53 Å². The van der Waals surface area contributed by atoms with Gasteiger partial charge in [0.15, 0.2) is 0 Å². The van der Waals surface area contributed by atoms with Crippen molar-refractivity contribution < 1.29 is 9.53 Å². The lowest BCUT2D eigenvalue weighted by atomic mass is 10.0. The first kappa shape index (κ1) is 9.93. The molecule has 2 fully saturated rings. The summed E-state index contributed by atoms with van der Waals surface area (Å²) in [6.07, 6.45) is 3.05. The Bertz CT molecular complexity index is 196. The molecule has 2 saturated heterocycles. The van der Waals surface area contributed by atoms with Crippen molar-refractivity contribution in [1.82, 2.24) is 10.6 Å². The second-order valence-corrected chi connectivity index (χ2v) is 4.11. The Morgan fingerprint density at radius 3 is 3.00 bits per heavy atom. The molecule has 2 aliphatic heterocycles. The Morgan fingerprint density at radius 1 is 1.43 bits per heavy atom. The van der Waals surface area contributed by atoms with Crippen molar-refractivity contribution in [3.63, 3.8) is 0 Å². The predicted molar refractivity (Wildman–Crippen MR) is 53.0 cm³/mol. The summed E-state index contributed by atoms with van der Waals surface area (Å²) in [7, 11) is 0. The zero-order chi connectivity index (χ0) is 9.80. The van der Waals surface area contributed by atoms with E-state index in [0.717, 1.165) is 39.0 Å². The van der Waals surface area contributed by atoms with Crippen LogP contribution in [-0.4, -0.2) is 38.3 Å². The van der Waals surface area contributed by atoms with E-state index in [1.165, 1.54) is 0 Å². The lowest BCUT2D eigenvalue weighted by Gasteiger charge is -2.23. The SMILES string of the molecule is O=C(N[C@H]1CCNC1)C1CCCOC1. The molecule has 4 nitrogen and oxygen atoms in total. The summed E-state index contributed by atoms with van der Waals surface area (Å²) in [5.74, 6) is 0.266. The van der Waals surface area contributed by atoms with Crippen LogP contribution in [0.4, 0.5) is 0 Å². The monoisotopic (exact) mass is 198 g/mol. The summed E-state index contributed by atoms with van der Waals surface area (Å²) in [6.45, 7) is 3.35. The van der Waals surface area contributed by atoms with Crippen molar-refractivity contribution in [2.24, 2.45) is 5.92 Å². The molecule has 0 aromatic rings. The maximum Gasteiger partial charge on any atom is 0.225 e. The van der Waals surface area contributed by atoms with Gasteiger partial charge >= 0.3 is 0 Å². The van der Waals surface area contributed by atoms with Crippen LogP contribution in [0.25, 0.3) is 0 Å². The third-order valence-electron chi connectivity index (χ3n) is 2.94. The Balaban J connectivity index is 1.75. The molecule has 2 atom stereocenters. The van der Waals surface area contributed by atoms with E-state index >= 15 is 0 Å². The fourth-order valence-electron chi connectivity index (χ4n) is 2.04. The van der Waals surface area contributed by atoms with Crippen LogP contribution in [0.2, 0.25) is 0 Å². The van der Waals surface area contributed by atoms with E-state index in [2.05, 4.69) is 10.6 Å². The molecular formula is C10H18N2O2. The molecule has 0 aliphatic carbocycles. The van der Waals surface area contributed by atoms with Gasteiger partial charge in [0.2, 0.25) is 5.91 Å². The van der Waals surface area contributed by atoms with Gasteiger partial charge in [-0.1, -0.05) is 0 Å². The van der Waals surface area contributed by atoms with E-state index in [-0.39, 0.29) is 11.8 Å². The molecule has 2 N–H and O–H groups in total. The normalized spacial score (nSPS) is 32.9. The standard InChI is InChI=1S/C10H18N2O2/c13-10(8-2-1-5-14-7-8)12-9-3-4-11-6-9/h8-9,11H,1-7H2,(H,12,13)/t8?,9-/m0/s1. The molecule has 2 heterocycles. The number of nitrogens with one attached hydrogen (secondary N) is 2. The fourth-order valence-corrected chi connectivity index (χ4v) is 2.04. The summed E-state index contributed by atoms with van der Waals surface area (Å²) in [5.41, 5.74) is 0. The minimum absolute atomic E-state index is 0.0874. The van der Waals surface area contributed by atoms with Gasteiger partial charge in [0.1, 0.15) is 0 Å². The van der Waals surface area contributed by atoms with Crippen molar-refractivity contribution in [2.45, 2.75) is 25.3 Å². The highest BCUT2D eigenvalue weighted by molar-refractivity contribution is 5.79. The molecule has 2 aliphatic rings. The first-order valence-electron chi connectivity index (χ1n) is 5.45. The summed E-state index contributed by atoms with van der Waals surface area (Å²) in [4.78, 5) is 11.7. The van der Waals surface area contributed by atoms with Gasteiger partial charge in [-0.2, -0.15) is 0 Å². The average Bonchev–Trinajstić information content (AvgIpc) is 2.72. The number of carbonyl (C=O) groups excluding carboxylic acids is 1. The van der Waals surface area contributed by atoms with Crippen LogP contribution in [0.5, 0.6) is 0 Å². The number of ether oxygens (including phenoxy) is 1. The van der Waals surface area contributed by atoms with E-state index < -0.39 is 0 Å². The third-order valence-corrected chi connectivity index (χ3v) is 2.94. The second kappa shape index (κ2) is 4.75. The van der Waals surface area contributed by atoms with E-state index in [4.69, 9.17) is 4.74 Å². The Kier molecular flexibility index (Phi) is 3.37. The molecule has 0 bridgehead atoms. The Hall–Kier alpha value is -0.610. The van der Waals surface area contributed by atoms with Crippen LogP contribution in [0.1, 0.15) is 19.3 Å². The Labute approximate surface area is 84.4 Å². The van der Waals surface area contributed by atoms with E-state index in [9.17, 15) is 4.79 Å². The maximum absolute atomic E-state index is 11.7. The first-order chi connectivity index (χ1) is 6.86. The topological polar surface area (TPSA) is 50.4 Å². The van der Waals surface area contributed by atoms with Crippen LogP contribution >= 0.6 is 0 Å². The molecular weight excluding hydrogens is 180 g/mol. The maximum atomic E-state index is 11.7. The van der Waals surface area contributed by atoms with Crippen molar-refractivity contribution in [1.29, 1.82) is 0 Å². The van der Waals surface area contributed by atoms with E-state index in [1.807, 2.05) is 0 Å². The average molecular weight is 198 g/mol. The molecule has 14 heavy (non-hydrogen) atoms. The minimum Gasteiger partial charge on any atom is -0.381 e. The van der Waals surface area contributed by atoms with Crippen LogP contribution in [0.15, 0.2) is 0 Å². The number of hydrogen-bond acceptors (Lipinski definition) is 3. The molecule has 80 valence electrons. The summed E-state index contributed by atoms with van der Waals surface area (Å²) < 4.78 is 5.29. The highest BCUT2D eigenvalue weighted by atomic mass is 16.5. The van der Waals surface area contributed by atoms with Gasteiger partial charge in [-0.3, -0.25) is 4.79 Å². The number of carbonyl (C=O) groups is 1. The fraction of sp³-hybridized carbons (Fsp3) is 0.900. The second-order valence-electron chi connectivity index (χ2n) is 4.11. The molecule has 4 heteroatoms. The van der Waals surface area contributed by atoms with Gasteiger partial charge in [-0.05, 0) is 25.8 Å². The molecule has 0 aromatic heterocycles. The summed E-state index contributed by atoms with van der Waals surface area (Å²) in [5, 5.41) is 6.30. The van der Waals surface area contributed by atoms with Crippen LogP contribution in [0, 0.1) is 5.92 Å². The minimum atomic E-state index is 0.0874. The molecule has 0 spiro atoms. The van der Waals surface area contributed by atoms with E-state index in [0.29, 0.717) is 12.6 Å². The zero-order valence-electron chi connectivity index (χ0n) is 8.42. The quantitative estimate of drug-likeness (QED) is 0.651. The van der Waals surface area contributed by atoms with Gasteiger partial charge in [-0.15, -0.1) is 0 Å². The summed E-state index contributed by atoms with van der Waals surface area (Å²) >= 11 is 0. The predicted octanol–water partition coefficient (Wildman–Crippen LogP) is -0.109. The van der Waals surface area contributed by atoms with Crippen molar-refractivity contribution in [3.05, 3.63) is 0 Å². The van der Waals surface area contributed by atoms with Gasteiger partial charge in [0.25, 0.3) is 0 Å². The van der Waals surface area contributed by atoms with E-state index in [1.54, 1.807) is 0 Å². The number of rotatable bonds is 2. The Morgan fingerprint density at radius 2 is 2.36 bits per heavy atom. The zero-order valence-corrected chi connectivity index (χ0v) is 8.42. The molecule has 0 saturated carbocycles. The molecule has 1 amide bonds. The highest BCUT2D eigenvalue weighted by Crippen LogP contribution is 2.14. The van der Waals surface area contributed by atoms with Gasteiger partial charge < -0.3 is 15.4 Å². The van der Waals surface area contributed by atoms with Crippen molar-refractivity contribution >= 4 is 5.91 Å². The first-order valence-corrected chi connectivity index (χ1v) is 5.45. The smallest absolute Gasteiger partial charge is 0.225 e. The molecule has 0 radical (unpaired) electrons. The third kappa shape index (κ3) is 2.45. The van der Waals surface area contributed by atoms with Gasteiger partial charge in [0.05, 0.1) is 12.5 Å². The highest BCUT2D eigenvalue weighted by Gasteiger charge is 2.24.